The number of likely N-dealkylation sites (N-methyl/N-ethyl adjacent to an activating group) is 1. The van der Waals surface area contributed by atoms with Crippen LogP contribution in [-0.4, -0.2) is 40.1 Å². The van der Waals surface area contributed by atoms with Crippen molar-refractivity contribution in [2.24, 2.45) is 0 Å². The molecule has 1 rings (SSSR count). The fraction of sp³-hybridized carbons (Fsp3) is 0.571. The maximum atomic E-state index is 11.2. The number of hydrogen-bond donors (Lipinski definition) is 1. The summed E-state index contributed by atoms with van der Waals surface area (Å²) < 4.78 is 27.6. The van der Waals surface area contributed by atoms with E-state index in [9.17, 15) is 8.42 Å². The predicted molar refractivity (Wildman–Crippen MR) is 78.5 cm³/mol. The number of hydrogen-bond acceptors (Lipinski definition) is 4. The van der Waals surface area contributed by atoms with Gasteiger partial charge in [0.05, 0.1) is 12.9 Å². The minimum atomic E-state index is -2.90. The molecule has 0 aliphatic heterocycles. The van der Waals surface area contributed by atoms with Crippen molar-refractivity contribution in [3.05, 3.63) is 29.8 Å². The molecule has 0 saturated heterocycles. The van der Waals surface area contributed by atoms with Gasteiger partial charge in [-0.25, -0.2) is 8.42 Å². The van der Waals surface area contributed by atoms with Gasteiger partial charge in [0.2, 0.25) is 0 Å². The standard InChI is InChI=1S/C14H23NO3S/c1-4-15-13(9-10-19(3,16)17)11-12-5-7-14(18-2)8-6-12/h5-8,13,15H,4,9-11H2,1-3H3. The smallest absolute Gasteiger partial charge is 0.147 e. The second-order valence-electron chi connectivity index (χ2n) is 4.73. The van der Waals surface area contributed by atoms with Gasteiger partial charge in [-0.2, -0.15) is 0 Å². The molecule has 0 radical (unpaired) electrons. The summed E-state index contributed by atoms with van der Waals surface area (Å²) in [5, 5.41) is 3.34. The first kappa shape index (κ1) is 16.0. The summed E-state index contributed by atoms with van der Waals surface area (Å²) in [5.74, 6) is 1.06. The minimum absolute atomic E-state index is 0.188. The van der Waals surface area contributed by atoms with Crippen molar-refractivity contribution in [1.29, 1.82) is 0 Å². The van der Waals surface area contributed by atoms with Crippen LogP contribution in [0.3, 0.4) is 0 Å². The third-order valence-corrected chi connectivity index (χ3v) is 3.95. The lowest BCUT2D eigenvalue weighted by atomic mass is 10.0. The van der Waals surface area contributed by atoms with Gasteiger partial charge < -0.3 is 10.1 Å². The van der Waals surface area contributed by atoms with Gasteiger partial charge in [-0.1, -0.05) is 19.1 Å². The first-order valence-electron chi connectivity index (χ1n) is 6.48. The van der Waals surface area contributed by atoms with Crippen molar-refractivity contribution < 1.29 is 13.2 Å². The predicted octanol–water partition coefficient (Wildman–Crippen LogP) is 1.65. The number of sulfone groups is 1. The molecule has 0 bridgehead atoms. The summed E-state index contributed by atoms with van der Waals surface area (Å²) in [6.45, 7) is 2.87. The minimum Gasteiger partial charge on any atom is -0.497 e. The van der Waals surface area contributed by atoms with Gasteiger partial charge in [-0.15, -0.1) is 0 Å². The fourth-order valence-corrected chi connectivity index (χ4v) is 2.68. The van der Waals surface area contributed by atoms with Gasteiger partial charge in [-0.3, -0.25) is 0 Å². The van der Waals surface area contributed by atoms with E-state index in [-0.39, 0.29) is 11.8 Å². The van der Waals surface area contributed by atoms with Crippen molar-refractivity contribution in [3.8, 4) is 5.75 Å². The number of methoxy groups -OCH3 is 1. The molecular weight excluding hydrogens is 262 g/mol. The molecule has 5 heteroatoms. The molecule has 1 aromatic rings. The largest absolute Gasteiger partial charge is 0.497 e. The molecule has 1 aromatic carbocycles. The molecule has 0 heterocycles. The first-order valence-corrected chi connectivity index (χ1v) is 8.54. The van der Waals surface area contributed by atoms with E-state index >= 15 is 0 Å². The number of nitrogens with one attached hydrogen (secondary N) is 1. The van der Waals surface area contributed by atoms with Crippen LogP contribution in [-0.2, 0) is 16.3 Å². The van der Waals surface area contributed by atoms with E-state index in [0.29, 0.717) is 6.42 Å². The van der Waals surface area contributed by atoms with Crippen LogP contribution in [0, 0.1) is 0 Å². The Morgan fingerprint density at radius 2 is 1.89 bits per heavy atom. The van der Waals surface area contributed by atoms with Crippen LogP contribution in [0.2, 0.25) is 0 Å². The molecule has 0 aliphatic carbocycles. The first-order chi connectivity index (χ1) is 8.94. The van der Waals surface area contributed by atoms with Gasteiger partial charge >= 0.3 is 0 Å². The monoisotopic (exact) mass is 285 g/mol. The average molecular weight is 285 g/mol. The molecule has 0 aromatic heterocycles. The highest BCUT2D eigenvalue weighted by molar-refractivity contribution is 7.90. The second-order valence-corrected chi connectivity index (χ2v) is 6.99. The Hall–Kier alpha value is -1.07. The molecule has 1 N–H and O–H groups in total. The molecular formula is C14H23NO3S. The SMILES string of the molecule is CCNC(CCS(C)(=O)=O)Cc1ccc(OC)cc1. The van der Waals surface area contributed by atoms with Crippen LogP contribution in [0.1, 0.15) is 18.9 Å². The Balaban J connectivity index is 2.61. The van der Waals surface area contributed by atoms with Crippen molar-refractivity contribution >= 4 is 9.84 Å². The molecule has 1 unspecified atom stereocenters. The van der Waals surface area contributed by atoms with Gasteiger partial charge in [0.25, 0.3) is 0 Å². The summed E-state index contributed by atoms with van der Waals surface area (Å²) in [6.07, 6.45) is 2.75. The fourth-order valence-electron chi connectivity index (χ4n) is 1.97. The molecule has 0 fully saturated rings. The number of benzene rings is 1. The summed E-state index contributed by atoms with van der Waals surface area (Å²) in [5.41, 5.74) is 1.18. The van der Waals surface area contributed by atoms with Crippen LogP contribution in [0.15, 0.2) is 24.3 Å². The second kappa shape index (κ2) is 7.50. The zero-order valence-electron chi connectivity index (χ0n) is 11.8. The van der Waals surface area contributed by atoms with E-state index in [1.807, 2.05) is 31.2 Å². The summed E-state index contributed by atoms with van der Waals surface area (Å²) in [6, 6.07) is 8.07. The highest BCUT2D eigenvalue weighted by Gasteiger charge is 2.12. The zero-order valence-corrected chi connectivity index (χ0v) is 12.7. The molecule has 108 valence electrons. The summed E-state index contributed by atoms with van der Waals surface area (Å²) >= 11 is 0. The van der Waals surface area contributed by atoms with Gasteiger partial charge in [-0.05, 0) is 37.1 Å². The van der Waals surface area contributed by atoms with Crippen molar-refractivity contribution in [2.45, 2.75) is 25.8 Å². The van der Waals surface area contributed by atoms with Crippen LogP contribution >= 0.6 is 0 Å². The Morgan fingerprint density at radius 3 is 2.37 bits per heavy atom. The molecule has 0 spiro atoms. The third kappa shape index (κ3) is 6.59. The van der Waals surface area contributed by atoms with Crippen LogP contribution in [0.4, 0.5) is 0 Å². The third-order valence-electron chi connectivity index (χ3n) is 2.97. The Labute approximate surface area is 116 Å². The molecule has 0 aliphatic rings. The lowest BCUT2D eigenvalue weighted by Crippen LogP contribution is -2.32. The highest BCUT2D eigenvalue weighted by atomic mass is 32.2. The lowest BCUT2D eigenvalue weighted by molar-refractivity contribution is 0.414. The van der Waals surface area contributed by atoms with E-state index in [1.54, 1.807) is 7.11 Å². The Morgan fingerprint density at radius 1 is 1.26 bits per heavy atom. The Kier molecular flexibility index (Phi) is 6.31. The average Bonchev–Trinajstić information content (AvgIpc) is 2.36. The topological polar surface area (TPSA) is 55.4 Å². The van der Waals surface area contributed by atoms with E-state index in [2.05, 4.69) is 5.32 Å². The normalized spacial score (nSPS) is 13.2. The molecule has 19 heavy (non-hydrogen) atoms. The maximum Gasteiger partial charge on any atom is 0.147 e. The molecule has 1 atom stereocenters. The van der Waals surface area contributed by atoms with Crippen LogP contribution < -0.4 is 10.1 Å². The van der Waals surface area contributed by atoms with E-state index in [0.717, 1.165) is 18.7 Å². The van der Waals surface area contributed by atoms with Gasteiger partial charge in [0, 0.05) is 12.3 Å². The maximum absolute atomic E-state index is 11.2. The molecule has 4 nitrogen and oxygen atoms in total. The van der Waals surface area contributed by atoms with Crippen molar-refractivity contribution in [3.63, 3.8) is 0 Å². The van der Waals surface area contributed by atoms with Crippen LogP contribution in [0.25, 0.3) is 0 Å². The number of ether oxygens (including phenoxy) is 1. The van der Waals surface area contributed by atoms with Gasteiger partial charge in [0.15, 0.2) is 0 Å². The zero-order chi connectivity index (χ0) is 14.3. The molecule has 0 saturated carbocycles. The van der Waals surface area contributed by atoms with Gasteiger partial charge in [0.1, 0.15) is 15.6 Å². The quantitative estimate of drug-likeness (QED) is 0.789. The van der Waals surface area contributed by atoms with Crippen molar-refractivity contribution in [2.75, 3.05) is 25.7 Å². The molecule has 0 amide bonds. The Bertz CT molecular complexity index is 468. The van der Waals surface area contributed by atoms with E-state index in [1.165, 1.54) is 11.8 Å². The number of rotatable bonds is 8. The summed E-state index contributed by atoms with van der Waals surface area (Å²) in [7, 11) is -1.26. The van der Waals surface area contributed by atoms with E-state index in [4.69, 9.17) is 4.74 Å². The highest BCUT2D eigenvalue weighted by Crippen LogP contribution is 2.13. The summed E-state index contributed by atoms with van der Waals surface area (Å²) in [4.78, 5) is 0. The van der Waals surface area contributed by atoms with Crippen LogP contribution in [0.5, 0.6) is 5.75 Å². The lowest BCUT2D eigenvalue weighted by Gasteiger charge is -2.17. The van der Waals surface area contributed by atoms with Crippen molar-refractivity contribution in [1.82, 2.24) is 5.32 Å². The van der Waals surface area contributed by atoms with E-state index < -0.39 is 9.84 Å².